The van der Waals surface area contributed by atoms with Crippen LogP contribution in [0.4, 0.5) is 4.79 Å². The van der Waals surface area contributed by atoms with Crippen LogP contribution in [0.1, 0.15) is 48.6 Å². The molecule has 0 aromatic carbocycles. The second-order valence-corrected chi connectivity index (χ2v) is 4.01. The number of carbonyl (C=O) groups is 2. The maximum absolute atomic E-state index is 11.9. The summed E-state index contributed by atoms with van der Waals surface area (Å²) in [5.41, 5.74) is 0. The van der Waals surface area contributed by atoms with Crippen LogP contribution in [-0.2, 0) is 0 Å². The summed E-state index contributed by atoms with van der Waals surface area (Å²) in [6.07, 6.45) is 1.11. The van der Waals surface area contributed by atoms with E-state index in [0.717, 1.165) is 12.8 Å². The van der Waals surface area contributed by atoms with Crippen molar-refractivity contribution in [2.75, 3.05) is 0 Å². The summed E-state index contributed by atoms with van der Waals surface area (Å²) in [7, 11) is 0. The number of amides is 1. The van der Waals surface area contributed by atoms with Crippen LogP contribution in [0.3, 0.4) is 0 Å². The van der Waals surface area contributed by atoms with E-state index in [0.29, 0.717) is 12.3 Å². The molecule has 1 heterocycles. The molecule has 1 aromatic heterocycles. The van der Waals surface area contributed by atoms with Gasteiger partial charge in [-0.1, -0.05) is 12.1 Å². The third kappa shape index (κ3) is 2.61. The zero-order valence-electron chi connectivity index (χ0n) is 9.34. The second kappa shape index (κ2) is 4.52. The lowest BCUT2D eigenvalue weighted by Crippen LogP contribution is -2.40. The zero-order chi connectivity index (χ0) is 12.4. The predicted octanol–water partition coefficient (Wildman–Crippen LogP) is 1.18. The van der Waals surface area contributed by atoms with Gasteiger partial charge in [0.1, 0.15) is 0 Å². The quantitative estimate of drug-likeness (QED) is 0.747. The van der Waals surface area contributed by atoms with Crippen LogP contribution >= 0.6 is 0 Å². The summed E-state index contributed by atoms with van der Waals surface area (Å²) in [6.45, 7) is 1.71. The van der Waals surface area contributed by atoms with Gasteiger partial charge in [-0.15, -0.1) is 0 Å². The van der Waals surface area contributed by atoms with Gasteiger partial charge in [-0.25, -0.2) is 4.79 Å². The molecular formula is C10H13N3O4. The lowest BCUT2D eigenvalue weighted by atomic mass is 10.1. The van der Waals surface area contributed by atoms with Crippen molar-refractivity contribution in [1.29, 1.82) is 0 Å². The van der Waals surface area contributed by atoms with Gasteiger partial charge in [-0.05, 0) is 19.3 Å². The van der Waals surface area contributed by atoms with Crippen LogP contribution < -0.4 is 5.32 Å². The van der Waals surface area contributed by atoms with Gasteiger partial charge in [0.25, 0.3) is 0 Å². The number of Topliss-reactive ketones (excluding diaryl/α,β-unsaturated/α-hetero) is 1. The molecule has 1 saturated carbocycles. The Balaban J connectivity index is 2.07. The third-order valence-electron chi connectivity index (χ3n) is 2.61. The van der Waals surface area contributed by atoms with Crippen molar-refractivity contribution >= 4 is 11.9 Å². The number of nitrogens with zero attached hydrogens (tertiary/aromatic N) is 2. The molecule has 1 unspecified atom stereocenters. The molecule has 7 nitrogen and oxygen atoms in total. The van der Waals surface area contributed by atoms with Gasteiger partial charge in [0, 0.05) is 5.92 Å². The highest BCUT2D eigenvalue weighted by Crippen LogP contribution is 2.38. The number of carbonyl (C=O) groups excluding carboxylic acids is 1. The third-order valence-corrected chi connectivity index (χ3v) is 2.61. The lowest BCUT2D eigenvalue weighted by Gasteiger charge is -2.10. The number of ketones is 1. The molecule has 0 bridgehead atoms. The Morgan fingerprint density at radius 2 is 2.29 bits per heavy atom. The molecule has 2 N–H and O–H groups in total. The molecule has 1 aliphatic rings. The molecule has 0 spiro atoms. The van der Waals surface area contributed by atoms with Gasteiger partial charge in [0.05, 0.1) is 6.04 Å². The topological polar surface area (TPSA) is 105 Å². The van der Waals surface area contributed by atoms with Crippen molar-refractivity contribution in [3.8, 4) is 0 Å². The largest absolute Gasteiger partial charge is 0.465 e. The first-order valence-corrected chi connectivity index (χ1v) is 5.49. The maximum Gasteiger partial charge on any atom is 0.405 e. The van der Waals surface area contributed by atoms with Crippen molar-refractivity contribution in [3.05, 3.63) is 11.7 Å². The minimum absolute atomic E-state index is 0.0486. The van der Waals surface area contributed by atoms with E-state index in [4.69, 9.17) is 9.63 Å². The van der Waals surface area contributed by atoms with Gasteiger partial charge in [0.2, 0.25) is 17.5 Å². The van der Waals surface area contributed by atoms with Crippen LogP contribution in [0.5, 0.6) is 0 Å². The van der Waals surface area contributed by atoms with Crippen molar-refractivity contribution in [2.24, 2.45) is 0 Å². The van der Waals surface area contributed by atoms with Crippen LogP contribution in [-0.4, -0.2) is 33.2 Å². The highest BCUT2D eigenvalue weighted by molar-refractivity contribution is 5.98. The Bertz CT molecular complexity index is 439. The van der Waals surface area contributed by atoms with E-state index >= 15 is 0 Å². The summed E-state index contributed by atoms with van der Waals surface area (Å²) in [5.74, 6) is 0.244. The summed E-state index contributed by atoms with van der Waals surface area (Å²) < 4.78 is 4.95. The molecule has 1 fully saturated rings. The van der Waals surface area contributed by atoms with Crippen molar-refractivity contribution in [2.45, 2.75) is 38.1 Å². The van der Waals surface area contributed by atoms with E-state index in [9.17, 15) is 9.59 Å². The first-order valence-electron chi connectivity index (χ1n) is 5.49. The maximum atomic E-state index is 11.9. The van der Waals surface area contributed by atoms with Crippen LogP contribution in [0.25, 0.3) is 0 Å². The molecule has 1 atom stereocenters. The van der Waals surface area contributed by atoms with Gasteiger partial charge < -0.3 is 14.9 Å². The molecule has 17 heavy (non-hydrogen) atoms. The Labute approximate surface area is 97.2 Å². The van der Waals surface area contributed by atoms with E-state index in [2.05, 4.69) is 15.5 Å². The first-order chi connectivity index (χ1) is 8.11. The number of aromatic nitrogens is 2. The van der Waals surface area contributed by atoms with Gasteiger partial charge in [-0.2, -0.15) is 4.98 Å². The Morgan fingerprint density at radius 1 is 1.59 bits per heavy atom. The zero-order valence-corrected chi connectivity index (χ0v) is 9.34. The van der Waals surface area contributed by atoms with Gasteiger partial charge in [-0.3, -0.25) is 4.79 Å². The molecule has 0 radical (unpaired) electrons. The molecule has 1 amide bonds. The summed E-state index contributed by atoms with van der Waals surface area (Å²) in [4.78, 5) is 26.3. The molecule has 0 aliphatic heterocycles. The van der Waals surface area contributed by atoms with Crippen molar-refractivity contribution < 1.29 is 19.2 Å². The van der Waals surface area contributed by atoms with Gasteiger partial charge in [0.15, 0.2) is 0 Å². The average molecular weight is 239 g/mol. The molecule has 92 valence electrons. The minimum Gasteiger partial charge on any atom is -0.465 e. The van der Waals surface area contributed by atoms with E-state index in [1.54, 1.807) is 6.92 Å². The first kappa shape index (κ1) is 11.6. The number of hydrogen-bond acceptors (Lipinski definition) is 5. The summed E-state index contributed by atoms with van der Waals surface area (Å²) in [5, 5.41) is 14.3. The average Bonchev–Trinajstić information content (AvgIpc) is 3.03. The Hall–Kier alpha value is -1.92. The van der Waals surface area contributed by atoms with E-state index in [1.807, 2.05) is 0 Å². The number of rotatable bonds is 5. The van der Waals surface area contributed by atoms with Crippen LogP contribution in [0.15, 0.2) is 4.52 Å². The molecule has 1 aromatic rings. The number of nitrogens with one attached hydrogen (secondary N) is 1. The standard InChI is InChI=1S/C10H13N3O4/c1-2-6(11-10(15)16)7(14)8-12-9(17-13-8)5-3-4-5/h5-6,11H,2-4H2,1H3,(H,15,16). The smallest absolute Gasteiger partial charge is 0.405 e. The molecular weight excluding hydrogens is 226 g/mol. The fraction of sp³-hybridized carbons (Fsp3) is 0.600. The van der Waals surface area contributed by atoms with Crippen LogP contribution in [0, 0.1) is 0 Å². The highest BCUT2D eigenvalue weighted by atomic mass is 16.5. The summed E-state index contributed by atoms with van der Waals surface area (Å²) >= 11 is 0. The second-order valence-electron chi connectivity index (χ2n) is 4.01. The lowest BCUT2D eigenvalue weighted by molar-refractivity contribution is 0.0921. The van der Waals surface area contributed by atoms with E-state index in [-0.39, 0.29) is 11.7 Å². The van der Waals surface area contributed by atoms with Crippen molar-refractivity contribution in [3.63, 3.8) is 0 Å². The van der Waals surface area contributed by atoms with Crippen molar-refractivity contribution in [1.82, 2.24) is 15.5 Å². The van der Waals surface area contributed by atoms with Gasteiger partial charge >= 0.3 is 6.09 Å². The normalized spacial score (nSPS) is 16.5. The Morgan fingerprint density at radius 3 is 2.82 bits per heavy atom. The fourth-order valence-corrected chi connectivity index (χ4v) is 1.49. The fourth-order valence-electron chi connectivity index (χ4n) is 1.49. The minimum atomic E-state index is -1.24. The monoisotopic (exact) mass is 239 g/mol. The van der Waals surface area contributed by atoms with E-state index < -0.39 is 17.9 Å². The summed E-state index contributed by atoms with van der Waals surface area (Å²) in [6, 6.07) is -0.822. The molecule has 0 saturated heterocycles. The molecule has 2 rings (SSSR count). The molecule has 1 aliphatic carbocycles. The predicted molar refractivity (Wildman–Crippen MR) is 55.8 cm³/mol. The molecule has 7 heteroatoms. The van der Waals surface area contributed by atoms with Crippen LogP contribution in [0.2, 0.25) is 0 Å². The number of hydrogen-bond donors (Lipinski definition) is 2. The number of carboxylic acid groups (broad SMARTS) is 1. The SMILES string of the molecule is CCC(NC(=O)O)C(=O)c1noc(C2CC2)n1. The Kier molecular flexibility index (Phi) is 3.08. The highest BCUT2D eigenvalue weighted by Gasteiger charge is 2.32. The van der Waals surface area contributed by atoms with E-state index in [1.165, 1.54) is 0 Å².